The standard InChI is InChI=1S/C23H21BrFN5O/c24-19-7-26-6-18-17(19)3-4-29(21(18)31)9-16-10-30-8-15(1-2-20(30)28-16)5-27-14-22-11-23(25,12-22)13-22/h1-4,6-8,10,27H,5,9,11-14H2. The van der Waals surface area contributed by atoms with Crippen molar-refractivity contribution in [3.05, 3.63) is 75.3 Å². The van der Waals surface area contributed by atoms with Gasteiger partial charge in [0.2, 0.25) is 0 Å². The highest BCUT2D eigenvalue weighted by Crippen LogP contribution is 2.69. The molecule has 8 heteroatoms. The van der Waals surface area contributed by atoms with Crippen molar-refractivity contribution < 1.29 is 4.39 Å². The molecule has 6 nitrogen and oxygen atoms in total. The van der Waals surface area contributed by atoms with E-state index in [9.17, 15) is 9.18 Å². The summed E-state index contributed by atoms with van der Waals surface area (Å²) in [7, 11) is 0. The Kier molecular flexibility index (Phi) is 4.14. The first-order valence-electron chi connectivity index (χ1n) is 10.4. The largest absolute Gasteiger partial charge is 0.312 e. The summed E-state index contributed by atoms with van der Waals surface area (Å²) >= 11 is 3.44. The third-order valence-electron chi connectivity index (χ3n) is 6.65. The second kappa shape index (κ2) is 6.71. The summed E-state index contributed by atoms with van der Waals surface area (Å²) in [6.45, 7) is 2.02. The molecule has 3 aliphatic carbocycles. The number of nitrogens with zero attached hydrogens (tertiary/aromatic N) is 4. The van der Waals surface area contributed by atoms with E-state index in [1.54, 1.807) is 23.2 Å². The highest BCUT2D eigenvalue weighted by Gasteiger charge is 2.68. The molecule has 7 rings (SSSR count). The number of nitrogens with one attached hydrogen (secondary N) is 1. The number of imidazole rings is 1. The van der Waals surface area contributed by atoms with Gasteiger partial charge in [-0.15, -0.1) is 0 Å². The lowest BCUT2D eigenvalue weighted by molar-refractivity contribution is -0.209. The number of fused-ring (bicyclic) bond motifs is 2. The summed E-state index contributed by atoms with van der Waals surface area (Å²) in [5.74, 6) is 0. The number of halogens is 2. The fourth-order valence-electron chi connectivity index (χ4n) is 5.26. The van der Waals surface area contributed by atoms with Gasteiger partial charge in [0, 0.05) is 53.9 Å². The molecule has 31 heavy (non-hydrogen) atoms. The molecule has 4 aromatic rings. The van der Waals surface area contributed by atoms with Crippen LogP contribution in [0.4, 0.5) is 4.39 Å². The Morgan fingerprint density at radius 1 is 1.13 bits per heavy atom. The third kappa shape index (κ3) is 3.20. The Labute approximate surface area is 186 Å². The van der Waals surface area contributed by atoms with Gasteiger partial charge in [0.15, 0.2) is 0 Å². The molecule has 4 aromatic heterocycles. The molecule has 4 heterocycles. The monoisotopic (exact) mass is 481 g/mol. The van der Waals surface area contributed by atoms with Crippen molar-refractivity contribution in [1.29, 1.82) is 0 Å². The Morgan fingerprint density at radius 2 is 1.97 bits per heavy atom. The van der Waals surface area contributed by atoms with Crippen LogP contribution in [0.5, 0.6) is 0 Å². The summed E-state index contributed by atoms with van der Waals surface area (Å²) in [6.07, 6.45) is 11.3. The van der Waals surface area contributed by atoms with Crippen LogP contribution in [0, 0.1) is 5.41 Å². The van der Waals surface area contributed by atoms with Crippen molar-refractivity contribution >= 4 is 32.3 Å². The van der Waals surface area contributed by atoms with Crippen LogP contribution >= 0.6 is 15.9 Å². The van der Waals surface area contributed by atoms with Crippen LogP contribution in [0.3, 0.4) is 0 Å². The van der Waals surface area contributed by atoms with E-state index in [1.165, 1.54) is 0 Å². The minimum absolute atomic E-state index is 0.0862. The molecular formula is C23H21BrFN5O. The number of hydrogen-bond donors (Lipinski definition) is 1. The lowest BCUT2D eigenvalue weighted by atomic mass is 9.42. The molecule has 0 aromatic carbocycles. The molecule has 0 spiro atoms. The normalized spacial score (nSPS) is 24.3. The zero-order chi connectivity index (χ0) is 21.2. The number of pyridine rings is 3. The fourth-order valence-corrected chi connectivity index (χ4v) is 5.73. The van der Waals surface area contributed by atoms with Crippen LogP contribution in [0.25, 0.3) is 16.4 Å². The second-order valence-corrected chi connectivity index (χ2v) is 10.0. The van der Waals surface area contributed by atoms with Gasteiger partial charge in [-0.05, 0) is 58.3 Å². The third-order valence-corrected chi connectivity index (χ3v) is 7.28. The quantitative estimate of drug-likeness (QED) is 0.454. The SMILES string of the molecule is O=c1c2cncc(Br)c2ccn1Cc1cn2cc(CNCC34CC(F)(C3)C4)ccc2n1. The summed E-state index contributed by atoms with van der Waals surface area (Å²) in [6, 6.07) is 5.96. The maximum absolute atomic E-state index is 13.7. The molecule has 3 saturated carbocycles. The maximum Gasteiger partial charge on any atom is 0.260 e. The molecule has 0 amide bonds. The van der Waals surface area contributed by atoms with Crippen LogP contribution in [-0.2, 0) is 13.1 Å². The first kappa shape index (κ1) is 19.1. The first-order chi connectivity index (χ1) is 14.9. The molecule has 2 bridgehead atoms. The molecule has 0 unspecified atom stereocenters. The Hall–Kier alpha value is -2.58. The van der Waals surface area contributed by atoms with Crippen molar-refractivity contribution in [2.45, 2.75) is 38.0 Å². The van der Waals surface area contributed by atoms with Crippen LogP contribution in [0.1, 0.15) is 30.5 Å². The summed E-state index contributed by atoms with van der Waals surface area (Å²) in [5, 5.41) is 4.91. The lowest BCUT2D eigenvalue weighted by Gasteiger charge is -2.66. The molecule has 0 aliphatic heterocycles. The van der Waals surface area contributed by atoms with E-state index in [0.717, 1.165) is 59.1 Å². The molecule has 0 atom stereocenters. The number of alkyl halides is 1. The molecule has 158 valence electrons. The summed E-state index contributed by atoms with van der Waals surface area (Å²) < 4.78 is 18.1. The molecule has 0 radical (unpaired) electrons. The molecule has 3 fully saturated rings. The van der Waals surface area contributed by atoms with E-state index in [0.29, 0.717) is 11.9 Å². The van der Waals surface area contributed by atoms with Gasteiger partial charge in [0.1, 0.15) is 11.3 Å². The lowest BCUT2D eigenvalue weighted by Crippen LogP contribution is -2.67. The van der Waals surface area contributed by atoms with E-state index in [2.05, 4.69) is 43.5 Å². The van der Waals surface area contributed by atoms with Crippen LogP contribution in [0.15, 0.2) is 58.5 Å². The second-order valence-electron chi connectivity index (χ2n) is 9.15. The van der Waals surface area contributed by atoms with Crippen molar-refractivity contribution in [2.75, 3.05) is 6.54 Å². The Morgan fingerprint density at radius 3 is 2.77 bits per heavy atom. The zero-order valence-electron chi connectivity index (χ0n) is 16.8. The topological polar surface area (TPSA) is 64.2 Å². The fraction of sp³-hybridized carbons (Fsp3) is 0.348. The number of rotatable bonds is 6. The van der Waals surface area contributed by atoms with Crippen molar-refractivity contribution in [3.63, 3.8) is 0 Å². The molecule has 3 aliphatic rings. The van der Waals surface area contributed by atoms with Gasteiger partial charge in [0.05, 0.1) is 17.6 Å². The van der Waals surface area contributed by atoms with Gasteiger partial charge in [-0.3, -0.25) is 9.78 Å². The highest BCUT2D eigenvalue weighted by molar-refractivity contribution is 9.10. The molecular weight excluding hydrogens is 461 g/mol. The molecule has 1 N–H and O–H groups in total. The minimum atomic E-state index is -0.839. The van der Waals surface area contributed by atoms with Crippen molar-refractivity contribution in [3.8, 4) is 0 Å². The van der Waals surface area contributed by atoms with E-state index < -0.39 is 5.67 Å². The van der Waals surface area contributed by atoms with Crippen molar-refractivity contribution in [2.24, 2.45) is 5.41 Å². The average molecular weight is 482 g/mol. The van der Waals surface area contributed by atoms with Gasteiger partial charge in [-0.1, -0.05) is 6.07 Å². The van der Waals surface area contributed by atoms with Crippen LogP contribution in [0.2, 0.25) is 0 Å². The van der Waals surface area contributed by atoms with Crippen LogP contribution in [-0.4, -0.2) is 31.1 Å². The van der Waals surface area contributed by atoms with Gasteiger partial charge in [-0.25, -0.2) is 9.37 Å². The smallest absolute Gasteiger partial charge is 0.260 e. The predicted molar refractivity (Wildman–Crippen MR) is 120 cm³/mol. The van der Waals surface area contributed by atoms with Gasteiger partial charge in [-0.2, -0.15) is 0 Å². The predicted octanol–water partition coefficient (Wildman–Crippen LogP) is 3.84. The van der Waals surface area contributed by atoms with Gasteiger partial charge < -0.3 is 14.3 Å². The van der Waals surface area contributed by atoms with E-state index in [-0.39, 0.29) is 11.0 Å². The Balaban J connectivity index is 1.18. The Bertz CT molecular complexity index is 1370. The van der Waals surface area contributed by atoms with E-state index >= 15 is 0 Å². The summed E-state index contributed by atoms with van der Waals surface area (Å²) in [4.78, 5) is 21.6. The van der Waals surface area contributed by atoms with Crippen LogP contribution < -0.4 is 10.9 Å². The molecule has 0 saturated heterocycles. The summed E-state index contributed by atoms with van der Waals surface area (Å²) in [5.41, 5.74) is 2.09. The van der Waals surface area contributed by atoms with E-state index in [4.69, 9.17) is 0 Å². The van der Waals surface area contributed by atoms with Gasteiger partial charge in [0.25, 0.3) is 5.56 Å². The minimum Gasteiger partial charge on any atom is -0.312 e. The van der Waals surface area contributed by atoms with Gasteiger partial charge >= 0.3 is 0 Å². The number of hydrogen-bond acceptors (Lipinski definition) is 4. The highest BCUT2D eigenvalue weighted by atomic mass is 79.9. The van der Waals surface area contributed by atoms with Crippen molar-refractivity contribution in [1.82, 2.24) is 24.3 Å². The number of aromatic nitrogens is 4. The average Bonchev–Trinajstić information content (AvgIpc) is 3.10. The first-order valence-corrected chi connectivity index (χ1v) is 11.2. The maximum atomic E-state index is 13.7. The van der Waals surface area contributed by atoms with E-state index in [1.807, 2.05) is 22.7 Å². The zero-order valence-corrected chi connectivity index (χ0v) is 18.4.